The molecular weight excluding hydrogens is 701 g/mol. The van der Waals surface area contributed by atoms with Gasteiger partial charge in [0.25, 0.3) is 0 Å². The summed E-state index contributed by atoms with van der Waals surface area (Å²) in [5.74, 6) is 0. The fraction of sp³-hybridized carbons (Fsp3) is 0. The van der Waals surface area contributed by atoms with Gasteiger partial charge in [0, 0.05) is 50.6 Å². The van der Waals surface area contributed by atoms with Crippen molar-refractivity contribution in [2.45, 2.75) is 0 Å². The van der Waals surface area contributed by atoms with Gasteiger partial charge in [-0.05, 0) is 101 Å². The zero-order chi connectivity index (χ0) is 35.8. The summed E-state index contributed by atoms with van der Waals surface area (Å²) in [7, 11) is 0. The second-order valence-corrected chi connectivity index (χ2v) is 14.0. The summed E-state index contributed by atoms with van der Waals surface area (Å²) in [5.41, 5.74) is 14.2. The summed E-state index contributed by atoms with van der Waals surface area (Å²) in [6.45, 7) is 0. The third kappa shape index (κ3) is 5.65. The number of nitrogens with zero attached hydrogens (tertiary/aromatic N) is 6. The smallest absolute Gasteiger partial charge is 0.115 e. The van der Waals surface area contributed by atoms with E-state index in [1.807, 2.05) is 24.3 Å². The lowest BCUT2D eigenvalue weighted by Gasteiger charge is -2.25. The van der Waals surface area contributed by atoms with Gasteiger partial charge in [0.1, 0.15) is 22.1 Å². The third-order valence-corrected chi connectivity index (χ3v) is 10.8. The molecule has 2 aromatic heterocycles. The molecule has 0 aliphatic carbocycles. The van der Waals surface area contributed by atoms with E-state index in [1.54, 1.807) is 0 Å². The first-order chi connectivity index (χ1) is 26.8. The molecule has 0 fully saturated rings. The van der Waals surface area contributed by atoms with Gasteiger partial charge in [0.05, 0.1) is 23.5 Å². The van der Waals surface area contributed by atoms with Crippen LogP contribution in [0, 0.1) is 0 Å². The van der Waals surface area contributed by atoms with Gasteiger partial charge in [-0.2, -0.15) is 17.5 Å². The van der Waals surface area contributed by atoms with Crippen LogP contribution in [0.25, 0.3) is 55.1 Å². The molecule has 6 nitrogen and oxygen atoms in total. The highest BCUT2D eigenvalue weighted by Crippen LogP contribution is 2.43. The minimum absolute atomic E-state index is 0.854. The molecule has 10 rings (SSSR count). The van der Waals surface area contributed by atoms with Gasteiger partial charge >= 0.3 is 0 Å². The Balaban J connectivity index is 1.07. The minimum Gasteiger partial charge on any atom is -0.311 e. The van der Waals surface area contributed by atoms with Crippen LogP contribution in [0.3, 0.4) is 0 Å². The second-order valence-electron chi connectivity index (χ2n) is 13.0. The molecular formula is C46H30N6S2. The fourth-order valence-electron chi connectivity index (χ4n) is 7.30. The van der Waals surface area contributed by atoms with Crippen LogP contribution in [-0.2, 0) is 0 Å². The Bertz CT molecular complexity index is 2580. The van der Waals surface area contributed by atoms with E-state index in [-0.39, 0.29) is 0 Å². The first-order valence-corrected chi connectivity index (χ1v) is 19.1. The SMILES string of the molecule is c1ccc(N(c2ccccc2)c2ccc(-c3cc4cc(-c5ccc(N(c6ccccc6)c6ccccc6)cc5)c5nsnc5c4c4nsnc34)cc2)cc1. The van der Waals surface area contributed by atoms with Gasteiger partial charge in [-0.3, -0.25) is 0 Å². The number of benzene rings is 8. The van der Waals surface area contributed by atoms with Crippen LogP contribution in [0.4, 0.5) is 34.1 Å². The lowest BCUT2D eigenvalue weighted by Crippen LogP contribution is -2.09. The average Bonchev–Trinajstić information content (AvgIpc) is 3.94. The predicted octanol–water partition coefficient (Wildman–Crippen LogP) is 13.1. The predicted molar refractivity (Wildman–Crippen MR) is 226 cm³/mol. The second kappa shape index (κ2) is 13.7. The Labute approximate surface area is 320 Å². The minimum atomic E-state index is 0.854. The van der Waals surface area contributed by atoms with Crippen molar-refractivity contribution < 1.29 is 0 Å². The molecule has 54 heavy (non-hydrogen) atoms. The Hall–Kier alpha value is -6.74. The lowest BCUT2D eigenvalue weighted by molar-refractivity contribution is 1.28. The Morgan fingerprint density at radius 1 is 0.315 bits per heavy atom. The molecule has 8 aromatic carbocycles. The number of anilines is 6. The van der Waals surface area contributed by atoms with Gasteiger partial charge in [-0.15, -0.1) is 0 Å². The molecule has 0 saturated carbocycles. The molecule has 0 bridgehead atoms. The van der Waals surface area contributed by atoms with Crippen molar-refractivity contribution in [3.63, 3.8) is 0 Å². The number of para-hydroxylation sites is 4. The highest BCUT2D eigenvalue weighted by molar-refractivity contribution is 7.00. The molecule has 0 saturated heterocycles. The van der Waals surface area contributed by atoms with Gasteiger partial charge in [0.2, 0.25) is 0 Å². The van der Waals surface area contributed by atoms with E-state index in [0.29, 0.717) is 0 Å². The molecule has 0 unspecified atom stereocenters. The molecule has 0 N–H and O–H groups in total. The van der Waals surface area contributed by atoms with Crippen molar-refractivity contribution in [2.24, 2.45) is 0 Å². The molecule has 10 aromatic rings. The maximum atomic E-state index is 4.83. The zero-order valence-corrected chi connectivity index (χ0v) is 30.5. The molecule has 0 aliphatic heterocycles. The molecule has 256 valence electrons. The number of fused-ring (bicyclic) bond motifs is 5. The third-order valence-electron chi connectivity index (χ3n) is 9.78. The summed E-state index contributed by atoms with van der Waals surface area (Å²) in [6.07, 6.45) is 0. The molecule has 0 amide bonds. The summed E-state index contributed by atoms with van der Waals surface area (Å²) in [4.78, 5) is 4.54. The lowest BCUT2D eigenvalue weighted by atomic mass is 9.94. The number of hydrogen-bond acceptors (Lipinski definition) is 8. The summed E-state index contributed by atoms with van der Waals surface area (Å²) >= 11 is 2.47. The van der Waals surface area contributed by atoms with E-state index in [2.05, 4.69) is 168 Å². The van der Waals surface area contributed by atoms with E-state index in [1.165, 1.54) is 23.5 Å². The largest absolute Gasteiger partial charge is 0.311 e. The van der Waals surface area contributed by atoms with Gasteiger partial charge in [-0.25, -0.2) is 0 Å². The van der Waals surface area contributed by atoms with Gasteiger partial charge in [-0.1, -0.05) is 97.1 Å². The van der Waals surface area contributed by atoms with Gasteiger partial charge < -0.3 is 9.80 Å². The van der Waals surface area contributed by atoms with Crippen LogP contribution in [0.1, 0.15) is 0 Å². The molecule has 0 radical (unpaired) electrons. The summed E-state index contributed by atoms with van der Waals surface area (Å²) in [5, 5.41) is 2.04. The number of rotatable bonds is 8. The topological polar surface area (TPSA) is 58.0 Å². The molecule has 0 atom stereocenters. The van der Waals surface area contributed by atoms with Gasteiger partial charge in [0.15, 0.2) is 0 Å². The quantitative estimate of drug-likeness (QED) is 0.155. The van der Waals surface area contributed by atoms with E-state index in [0.717, 1.165) is 89.2 Å². The summed E-state index contributed by atoms with van der Waals surface area (Å²) < 4.78 is 19.3. The van der Waals surface area contributed by atoms with Crippen LogP contribution in [0.2, 0.25) is 0 Å². The molecule has 0 aliphatic rings. The highest BCUT2D eigenvalue weighted by atomic mass is 32.1. The Kier molecular flexibility index (Phi) is 8.09. The summed E-state index contributed by atoms with van der Waals surface area (Å²) in [6, 6.07) is 63.8. The zero-order valence-electron chi connectivity index (χ0n) is 28.8. The van der Waals surface area contributed by atoms with Crippen molar-refractivity contribution in [1.82, 2.24) is 17.5 Å². The van der Waals surface area contributed by atoms with E-state index >= 15 is 0 Å². The molecule has 2 heterocycles. The van der Waals surface area contributed by atoms with Crippen molar-refractivity contribution in [2.75, 3.05) is 9.80 Å². The normalized spacial score (nSPS) is 11.3. The first-order valence-electron chi connectivity index (χ1n) is 17.7. The first kappa shape index (κ1) is 32.0. The van der Waals surface area contributed by atoms with Crippen LogP contribution in [0.5, 0.6) is 0 Å². The Morgan fingerprint density at radius 2 is 0.611 bits per heavy atom. The fourth-order valence-corrected chi connectivity index (χ4v) is 8.43. The number of aromatic nitrogens is 4. The van der Waals surface area contributed by atoms with Crippen LogP contribution >= 0.6 is 23.5 Å². The van der Waals surface area contributed by atoms with Crippen molar-refractivity contribution in [1.29, 1.82) is 0 Å². The maximum Gasteiger partial charge on any atom is 0.115 e. The van der Waals surface area contributed by atoms with E-state index < -0.39 is 0 Å². The van der Waals surface area contributed by atoms with Crippen LogP contribution in [-0.4, -0.2) is 17.5 Å². The van der Waals surface area contributed by atoms with Crippen molar-refractivity contribution in [3.05, 3.63) is 182 Å². The molecule has 8 heteroatoms. The average molecular weight is 731 g/mol. The standard InChI is InChI=1S/C46H30N6S2/c1-5-13-34(14-6-1)51(35-15-7-2-8-16-35)38-25-21-31(22-26-38)40-29-33-30-41(44-46(50-54-48-44)42(33)45-43(40)47-53-49-45)32-23-27-39(28-24-32)52(36-17-9-3-10-18-36)37-19-11-4-12-20-37/h1-30H. The maximum absolute atomic E-state index is 4.83. The number of hydrogen-bond donors (Lipinski definition) is 0. The van der Waals surface area contributed by atoms with Crippen molar-refractivity contribution in [3.8, 4) is 22.3 Å². The monoisotopic (exact) mass is 730 g/mol. The Morgan fingerprint density at radius 3 is 0.944 bits per heavy atom. The van der Waals surface area contributed by atoms with Crippen molar-refractivity contribution >= 4 is 90.4 Å². The van der Waals surface area contributed by atoms with E-state index in [9.17, 15) is 0 Å². The van der Waals surface area contributed by atoms with E-state index in [4.69, 9.17) is 17.5 Å². The van der Waals surface area contributed by atoms with Crippen LogP contribution in [0.15, 0.2) is 182 Å². The van der Waals surface area contributed by atoms with Crippen LogP contribution < -0.4 is 9.80 Å². The molecule has 0 spiro atoms. The highest BCUT2D eigenvalue weighted by Gasteiger charge is 2.21.